The standard InChI is InChI=1S/C18H23FN4O2S2/c1-12-17(13(2)23(21-12)16-8-9-27(24,25)11-16)10-22(3)18(26)20-15-6-4-14(19)5-7-15/h4-7,16H,8-11H2,1-3H3,(H,20,26)/t16-/m1/s1. The molecule has 1 aromatic carbocycles. The minimum atomic E-state index is -2.97. The molecule has 2 heterocycles. The lowest BCUT2D eigenvalue weighted by Gasteiger charge is -2.21. The molecule has 0 saturated carbocycles. The highest BCUT2D eigenvalue weighted by Crippen LogP contribution is 2.27. The Balaban J connectivity index is 1.71. The molecule has 3 rings (SSSR count). The van der Waals surface area contributed by atoms with E-state index in [1.165, 1.54) is 12.1 Å². The molecule has 146 valence electrons. The van der Waals surface area contributed by atoms with Crippen LogP contribution in [0.5, 0.6) is 0 Å². The quantitative estimate of drug-likeness (QED) is 0.782. The maximum absolute atomic E-state index is 13.0. The summed E-state index contributed by atoms with van der Waals surface area (Å²) in [5.74, 6) is 0.0681. The second-order valence-corrected chi connectivity index (χ2v) is 9.56. The second kappa shape index (κ2) is 7.55. The first-order valence-electron chi connectivity index (χ1n) is 8.69. The first-order valence-corrected chi connectivity index (χ1v) is 10.9. The van der Waals surface area contributed by atoms with Gasteiger partial charge in [0.05, 0.1) is 23.2 Å². The number of nitrogens with zero attached hydrogens (tertiary/aromatic N) is 3. The van der Waals surface area contributed by atoms with Crippen LogP contribution in [0.25, 0.3) is 0 Å². The normalized spacial score (nSPS) is 18.4. The molecule has 0 aliphatic carbocycles. The molecule has 0 radical (unpaired) electrons. The van der Waals surface area contributed by atoms with Crippen molar-refractivity contribution in [3.63, 3.8) is 0 Å². The van der Waals surface area contributed by atoms with Crippen LogP contribution in [0, 0.1) is 19.7 Å². The van der Waals surface area contributed by atoms with Gasteiger partial charge in [-0.3, -0.25) is 4.68 Å². The van der Waals surface area contributed by atoms with Crippen LogP contribution in [0.2, 0.25) is 0 Å². The van der Waals surface area contributed by atoms with E-state index >= 15 is 0 Å². The van der Waals surface area contributed by atoms with Gasteiger partial charge in [-0.05, 0) is 56.8 Å². The summed E-state index contributed by atoms with van der Waals surface area (Å²) in [5.41, 5.74) is 3.58. The molecule has 6 nitrogen and oxygen atoms in total. The zero-order valence-corrected chi connectivity index (χ0v) is 17.2. The van der Waals surface area contributed by atoms with Crippen LogP contribution in [0.3, 0.4) is 0 Å². The maximum atomic E-state index is 13.0. The van der Waals surface area contributed by atoms with Crippen molar-refractivity contribution in [2.24, 2.45) is 0 Å². The Bertz CT molecular complexity index is 954. The van der Waals surface area contributed by atoms with Gasteiger partial charge in [0.25, 0.3) is 0 Å². The number of sulfone groups is 1. The molecule has 0 unspecified atom stereocenters. The van der Waals surface area contributed by atoms with Crippen LogP contribution in [-0.2, 0) is 16.4 Å². The van der Waals surface area contributed by atoms with Gasteiger partial charge in [-0.1, -0.05) is 0 Å². The van der Waals surface area contributed by atoms with Gasteiger partial charge >= 0.3 is 0 Å². The number of rotatable bonds is 4. The third-order valence-corrected chi connectivity index (χ3v) is 7.03. The van der Waals surface area contributed by atoms with Gasteiger partial charge in [-0.2, -0.15) is 5.10 Å². The van der Waals surface area contributed by atoms with Crippen molar-refractivity contribution >= 4 is 32.9 Å². The van der Waals surface area contributed by atoms with E-state index in [2.05, 4.69) is 10.4 Å². The lowest BCUT2D eigenvalue weighted by Crippen LogP contribution is -2.31. The molecule has 0 spiro atoms. The number of aromatic nitrogens is 2. The average Bonchev–Trinajstić information content (AvgIpc) is 3.10. The third-order valence-electron chi connectivity index (χ3n) is 4.87. The number of benzene rings is 1. The second-order valence-electron chi connectivity index (χ2n) is 6.94. The smallest absolute Gasteiger partial charge is 0.173 e. The van der Waals surface area contributed by atoms with E-state index in [0.717, 1.165) is 17.0 Å². The van der Waals surface area contributed by atoms with E-state index in [4.69, 9.17) is 12.2 Å². The Morgan fingerprint density at radius 1 is 1.37 bits per heavy atom. The molecule has 9 heteroatoms. The zero-order valence-electron chi connectivity index (χ0n) is 15.6. The van der Waals surface area contributed by atoms with Gasteiger partial charge in [-0.25, -0.2) is 12.8 Å². The summed E-state index contributed by atoms with van der Waals surface area (Å²) < 4.78 is 38.4. The predicted molar refractivity (Wildman–Crippen MR) is 108 cm³/mol. The molecule has 2 aromatic rings. The summed E-state index contributed by atoms with van der Waals surface area (Å²) in [6.07, 6.45) is 0.601. The topological polar surface area (TPSA) is 67.2 Å². The monoisotopic (exact) mass is 410 g/mol. The molecule has 1 aliphatic heterocycles. The van der Waals surface area contributed by atoms with Crippen molar-refractivity contribution in [2.45, 2.75) is 32.9 Å². The van der Waals surface area contributed by atoms with Crippen LogP contribution >= 0.6 is 12.2 Å². The third kappa shape index (κ3) is 4.47. The summed E-state index contributed by atoms with van der Waals surface area (Å²) in [6, 6.07) is 5.91. The minimum absolute atomic E-state index is 0.1000. The molecule has 1 aromatic heterocycles. The lowest BCUT2D eigenvalue weighted by atomic mass is 10.2. The lowest BCUT2D eigenvalue weighted by molar-refractivity contribution is 0.479. The van der Waals surface area contributed by atoms with Gasteiger partial charge < -0.3 is 10.2 Å². The highest BCUT2D eigenvalue weighted by Gasteiger charge is 2.31. The van der Waals surface area contributed by atoms with E-state index in [0.29, 0.717) is 23.8 Å². The largest absolute Gasteiger partial charge is 0.348 e. The van der Waals surface area contributed by atoms with Crippen molar-refractivity contribution < 1.29 is 12.8 Å². The van der Waals surface area contributed by atoms with E-state index in [-0.39, 0.29) is 23.4 Å². The fourth-order valence-corrected chi connectivity index (χ4v) is 5.19. The molecule has 0 bridgehead atoms. The Morgan fingerprint density at radius 3 is 2.63 bits per heavy atom. The maximum Gasteiger partial charge on any atom is 0.173 e. The van der Waals surface area contributed by atoms with Crippen LogP contribution in [-0.4, -0.2) is 46.8 Å². The number of hydrogen-bond acceptors (Lipinski definition) is 4. The van der Waals surface area contributed by atoms with E-state index in [9.17, 15) is 12.8 Å². The highest BCUT2D eigenvalue weighted by atomic mass is 32.2. The van der Waals surface area contributed by atoms with Gasteiger partial charge in [0, 0.05) is 30.5 Å². The van der Waals surface area contributed by atoms with Gasteiger partial charge in [0.1, 0.15) is 5.82 Å². The molecule has 1 N–H and O–H groups in total. The molecular weight excluding hydrogens is 387 g/mol. The highest BCUT2D eigenvalue weighted by molar-refractivity contribution is 7.91. The van der Waals surface area contributed by atoms with Crippen molar-refractivity contribution in [2.75, 3.05) is 23.9 Å². The predicted octanol–water partition coefficient (Wildman–Crippen LogP) is 2.83. The number of hydrogen-bond donors (Lipinski definition) is 1. The van der Waals surface area contributed by atoms with E-state index in [1.807, 2.05) is 30.5 Å². The molecule has 1 fully saturated rings. The first kappa shape index (κ1) is 19.8. The Labute approximate surface area is 164 Å². The number of anilines is 1. The summed E-state index contributed by atoms with van der Waals surface area (Å²) >= 11 is 5.44. The zero-order chi connectivity index (χ0) is 19.8. The molecule has 1 aliphatic rings. The molecule has 27 heavy (non-hydrogen) atoms. The number of thiocarbonyl (C=S) groups is 1. The fourth-order valence-electron chi connectivity index (χ4n) is 3.31. The van der Waals surface area contributed by atoms with Crippen molar-refractivity contribution in [3.8, 4) is 0 Å². The molecule has 0 amide bonds. The Morgan fingerprint density at radius 2 is 2.04 bits per heavy atom. The summed E-state index contributed by atoms with van der Waals surface area (Å²) in [4.78, 5) is 1.88. The van der Waals surface area contributed by atoms with Crippen molar-refractivity contribution in [1.29, 1.82) is 0 Å². The van der Waals surface area contributed by atoms with Gasteiger partial charge in [0.2, 0.25) is 0 Å². The summed E-state index contributed by atoms with van der Waals surface area (Å²) in [6.45, 7) is 4.43. The molecule has 1 atom stereocenters. The summed E-state index contributed by atoms with van der Waals surface area (Å²) in [7, 11) is -1.10. The molecule has 1 saturated heterocycles. The number of nitrogens with one attached hydrogen (secondary N) is 1. The first-order chi connectivity index (χ1) is 12.7. The van der Waals surface area contributed by atoms with E-state index in [1.54, 1.807) is 12.1 Å². The van der Waals surface area contributed by atoms with Crippen LogP contribution < -0.4 is 5.32 Å². The van der Waals surface area contributed by atoms with Crippen molar-refractivity contribution in [3.05, 3.63) is 47.0 Å². The summed E-state index contributed by atoms with van der Waals surface area (Å²) in [5, 5.41) is 8.18. The Hall–Kier alpha value is -2.00. The van der Waals surface area contributed by atoms with Gasteiger partial charge in [-0.15, -0.1) is 0 Å². The number of halogens is 1. The minimum Gasteiger partial charge on any atom is -0.348 e. The fraction of sp³-hybridized carbons (Fsp3) is 0.444. The van der Waals surface area contributed by atoms with Crippen molar-refractivity contribution in [1.82, 2.24) is 14.7 Å². The number of aryl methyl sites for hydroxylation is 1. The Kier molecular flexibility index (Phi) is 5.53. The van der Waals surface area contributed by atoms with Crippen LogP contribution in [0.1, 0.15) is 29.4 Å². The van der Waals surface area contributed by atoms with Gasteiger partial charge in [0.15, 0.2) is 14.9 Å². The average molecular weight is 411 g/mol. The SMILES string of the molecule is Cc1nn([C@@H]2CCS(=O)(=O)C2)c(C)c1CN(C)C(=S)Nc1ccc(F)cc1. The van der Waals surface area contributed by atoms with Crippen LogP contribution in [0.4, 0.5) is 10.1 Å². The van der Waals surface area contributed by atoms with Crippen LogP contribution in [0.15, 0.2) is 24.3 Å². The van der Waals surface area contributed by atoms with E-state index < -0.39 is 9.84 Å². The molecular formula is C18H23FN4O2S2.